The van der Waals surface area contributed by atoms with E-state index in [2.05, 4.69) is 20.6 Å². The first kappa shape index (κ1) is 14.3. The van der Waals surface area contributed by atoms with E-state index in [4.69, 9.17) is 0 Å². The minimum absolute atomic E-state index is 0.0316. The smallest absolute Gasteiger partial charge is 0.234 e. The predicted octanol–water partition coefficient (Wildman–Crippen LogP) is 1.96. The first-order valence-corrected chi connectivity index (χ1v) is 7.50. The largest absolute Gasteiger partial charge is 0.326 e. The van der Waals surface area contributed by atoms with E-state index in [0.29, 0.717) is 29.1 Å². The topological polar surface area (TPSA) is 89.2 Å². The van der Waals surface area contributed by atoms with Gasteiger partial charge in [0.1, 0.15) is 11.3 Å². The summed E-state index contributed by atoms with van der Waals surface area (Å²) in [6.45, 7) is 1.49. The molecule has 22 heavy (non-hydrogen) atoms. The summed E-state index contributed by atoms with van der Waals surface area (Å²) in [6.07, 6.45) is 2.38. The van der Waals surface area contributed by atoms with E-state index in [1.807, 2.05) is 0 Å². The summed E-state index contributed by atoms with van der Waals surface area (Å²) < 4.78 is 1.59. The third-order valence-corrected chi connectivity index (χ3v) is 4.02. The quantitative estimate of drug-likeness (QED) is 0.727. The number of aromatic nitrogens is 4. The van der Waals surface area contributed by atoms with Crippen LogP contribution < -0.4 is 5.32 Å². The molecule has 0 saturated heterocycles. The van der Waals surface area contributed by atoms with Gasteiger partial charge in [0.2, 0.25) is 10.9 Å². The number of anilines is 1. The van der Waals surface area contributed by atoms with Gasteiger partial charge in [-0.15, -0.1) is 10.2 Å². The molecule has 0 aliphatic rings. The van der Waals surface area contributed by atoms with Crippen molar-refractivity contribution >= 4 is 33.7 Å². The van der Waals surface area contributed by atoms with E-state index in [-0.39, 0.29) is 11.7 Å². The maximum absolute atomic E-state index is 12.0. The molecular weight excluding hydrogens is 302 g/mol. The molecule has 3 aromatic rings. The minimum atomic E-state index is -0.119. The second-order valence-corrected chi connectivity index (χ2v) is 5.78. The summed E-state index contributed by atoms with van der Waals surface area (Å²) in [5.41, 5.74) is 1.20. The Labute approximate surface area is 130 Å². The molecule has 0 atom stereocenters. The average Bonchev–Trinajstić information content (AvgIpc) is 3.06. The summed E-state index contributed by atoms with van der Waals surface area (Å²) in [5, 5.41) is 15.5. The van der Waals surface area contributed by atoms with Crippen LogP contribution in [0.4, 0.5) is 5.69 Å². The van der Waals surface area contributed by atoms with Crippen molar-refractivity contribution in [2.45, 2.75) is 19.8 Å². The zero-order valence-corrected chi connectivity index (χ0v) is 12.6. The fourth-order valence-electron chi connectivity index (χ4n) is 1.96. The number of nitrogens with one attached hydrogen (secondary N) is 1. The van der Waals surface area contributed by atoms with Crippen molar-refractivity contribution in [3.8, 4) is 0 Å². The third-order valence-electron chi connectivity index (χ3n) is 3.05. The monoisotopic (exact) mass is 315 g/mol. The highest BCUT2D eigenvalue weighted by Crippen LogP contribution is 2.15. The number of carbonyl (C=O) groups is 2. The van der Waals surface area contributed by atoms with E-state index in [0.717, 1.165) is 5.01 Å². The Kier molecular flexibility index (Phi) is 3.92. The van der Waals surface area contributed by atoms with Crippen LogP contribution in [0, 0.1) is 0 Å². The highest BCUT2D eigenvalue weighted by molar-refractivity contribution is 7.16. The molecule has 0 fully saturated rings. The average molecular weight is 315 g/mol. The molecule has 112 valence electrons. The summed E-state index contributed by atoms with van der Waals surface area (Å²) >= 11 is 1.41. The number of hydrogen-bond donors (Lipinski definition) is 1. The lowest BCUT2D eigenvalue weighted by Gasteiger charge is -2.05. The Balaban J connectivity index is 1.59. The van der Waals surface area contributed by atoms with Crippen molar-refractivity contribution in [2.24, 2.45) is 0 Å². The summed E-state index contributed by atoms with van der Waals surface area (Å²) in [4.78, 5) is 24.0. The molecule has 3 rings (SSSR count). The van der Waals surface area contributed by atoms with Crippen LogP contribution in [0.5, 0.6) is 0 Å². The molecule has 0 bridgehead atoms. The standard InChI is InChI=1S/C14H13N5O2S/c1-9(20)10-3-2-4-11(7-10)16-12(21)5-6-13-18-19-8-15-17-14(19)22-13/h2-4,7-8H,5-6H2,1H3,(H,16,21). The molecule has 1 aromatic carbocycles. The van der Waals surface area contributed by atoms with E-state index < -0.39 is 0 Å². The lowest BCUT2D eigenvalue weighted by molar-refractivity contribution is -0.116. The van der Waals surface area contributed by atoms with Crippen molar-refractivity contribution in [3.63, 3.8) is 0 Å². The van der Waals surface area contributed by atoms with Crippen LogP contribution in [0.3, 0.4) is 0 Å². The van der Waals surface area contributed by atoms with Crippen molar-refractivity contribution < 1.29 is 9.59 Å². The van der Waals surface area contributed by atoms with Gasteiger partial charge in [-0.25, -0.2) is 0 Å². The summed E-state index contributed by atoms with van der Waals surface area (Å²) in [5.74, 6) is -0.150. The Morgan fingerprint density at radius 3 is 3.00 bits per heavy atom. The molecule has 0 unspecified atom stereocenters. The van der Waals surface area contributed by atoms with E-state index in [1.165, 1.54) is 24.6 Å². The van der Waals surface area contributed by atoms with Gasteiger partial charge >= 0.3 is 0 Å². The van der Waals surface area contributed by atoms with Crippen molar-refractivity contribution in [3.05, 3.63) is 41.2 Å². The third kappa shape index (κ3) is 3.17. The van der Waals surface area contributed by atoms with Crippen LogP contribution in [0.2, 0.25) is 0 Å². The summed E-state index contributed by atoms with van der Waals surface area (Å²) in [6, 6.07) is 6.89. The van der Waals surface area contributed by atoms with Gasteiger partial charge in [0.15, 0.2) is 5.78 Å². The number of ketones is 1. The second kappa shape index (κ2) is 6.02. The second-order valence-electron chi connectivity index (χ2n) is 4.74. The van der Waals surface area contributed by atoms with Gasteiger partial charge in [-0.05, 0) is 19.1 Å². The zero-order chi connectivity index (χ0) is 15.5. The molecule has 1 amide bonds. The molecule has 0 aliphatic heterocycles. The molecule has 2 heterocycles. The van der Waals surface area contributed by atoms with Crippen molar-refractivity contribution in [1.82, 2.24) is 19.8 Å². The number of nitrogens with zero attached hydrogens (tertiary/aromatic N) is 4. The lowest BCUT2D eigenvalue weighted by atomic mass is 10.1. The Morgan fingerprint density at radius 1 is 1.36 bits per heavy atom. The molecule has 0 spiro atoms. The Morgan fingerprint density at radius 2 is 2.23 bits per heavy atom. The highest BCUT2D eigenvalue weighted by Gasteiger charge is 2.09. The molecule has 0 saturated carbocycles. The molecular formula is C14H13N5O2S. The fourth-order valence-corrected chi connectivity index (χ4v) is 2.78. The van der Waals surface area contributed by atoms with Crippen LogP contribution in [0.1, 0.15) is 28.7 Å². The van der Waals surface area contributed by atoms with Gasteiger partial charge in [-0.3, -0.25) is 9.59 Å². The Bertz CT molecular complexity index is 810. The number of rotatable bonds is 5. The van der Waals surface area contributed by atoms with Crippen LogP contribution in [-0.4, -0.2) is 31.5 Å². The molecule has 8 heteroatoms. The van der Waals surface area contributed by atoms with Gasteiger partial charge < -0.3 is 5.32 Å². The van der Waals surface area contributed by atoms with Crippen LogP contribution in [0.25, 0.3) is 4.96 Å². The number of Topliss-reactive ketones (excluding diaryl/α,β-unsaturated/α-hetero) is 1. The van der Waals surface area contributed by atoms with Crippen LogP contribution >= 0.6 is 11.3 Å². The maximum Gasteiger partial charge on any atom is 0.234 e. The maximum atomic E-state index is 12.0. The minimum Gasteiger partial charge on any atom is -0.326 e. The highest BCUT2D eigenvalue weighted by atomic mass is 32.1. The number of hydrogen-bond acceptors (Lipinski definition) is 6. The molecule has 1 N–H and O–H groups in total. The van der Waals surface area contributed by atoms with Crippen LogP contribution in [-0.2, 0) is 11.2 Å². The van der Waals surface area contributed by atoms with Gasteiger partial charge in [-0.2, -0.15) is 9.61 Å². The molecule has 0 radical (unpaired) electrons. The lowest BCUT2D eigenvalue weighted by Crippen LogP contribution is -2.12. The molecule has 7 nitrogen and oxygen atoms in total. The number of carbonyl (C=O) groups excluding carboxylic acids is 2. The number of benzene rings is 1. The predicted molar refractivity (Wildman–Crippen MR) is 82.1 cm³/mol. The number of fused-ring (bicyclic) bond motifs is 1. The van der Waals surface area contributed by atoms with Crippen molar-refractivity contribution in [1.29, 1.82) is 0 Å². The normalized spacial score (nSPS) is 10.8. The van der Waals surface area contributed by atoms with Crippen molar-refractivity contribution in [2.75, 3.05) is 5.32 Å². The number of amides is 1. The van der Waals surface area contributed by atoms with Crippen LogP contribution in [0.15, 0.2) is 30.6 Å². The fraction of sp³-hybridized carbons (Fsp3) is 0.214. The van der Waals surface area contributed by atoms with Gasteiger partial charge in [0, 0.05) is 24.1 Å². The Hall–Kier alpha value is -2.61. The first-order valence-electron chi connectivity index (χ1n) is 6.68. The first-order chi connectivity index (χ1) is 10.6. The van der Waals surface area contributed by atoms with E-state index in [9.17, 15) is 9.59 Å². The summed E-state index contributed by atoms with van der Waals surface area (Å²) in [7, 11) is 0. The van der Waals surface area contributed by atoms with E-state index >= 15 is 0 Å². The van der Waals surface area contributed by atoms with E-state index in [1.54, 1.807) is 28.8 Å². The van der Waals surface area contributed by atoms with Gasteiger partial charge in [0.25, 0.3) is 0 Å². The molecule has 2 aromatic heterocycles. The molecule has 0 aliphatic carbocycles. The zero-order valence-electron chi connectivity index (χ0n) is 11.8. The van der Waals surface area contributed by atoms with Gasteiger partial charge in [0.05, 0.1) is 0 Å². The van der Waals surface area contributed by atoms with Gasteiger partial charge in [-0.1, -0.05) is 23.5 Å². The number of aryl methyl sites for hydroxylation is 1. The SMILES string of the molecule is CC(=O)c1cccc(NC(=O)CCc2nn3cnnc3s2)c1.